The van der Waals surface area contributed by atoms with Gasteiger partial charge in [-0.1, -0.05) is 47.0 Å². The highest BCUT2D eigenvalue weighted by molar-refractivity contribution is 6.30. The summed E-state index contributed by atoms with van der Waals surface area (Å²) in [4.78, 5) is 27.2. The number of Topliss-reactive ketones (excluding diaryl/α,β-unsaturated/α-hetero) is 2. The number of carbonyl (C=O) groups is 2. The third kappa shape index (κ3) is 3.96. The lowest BCUT2D eigenvalue weighted by atomic mass is 9.95. The molecule has 6 nitrogen and oxygen atoms in total. The van der Waals surface area contributed by atoms with Crippen molar-refractivity contribution in [2.75, 3.05) is 0 Å². The Balaban J connectivity index is 2.30. The molecule has 0 spiro atoms. The van der Waals surface area contributed by atoms with Gasteiger partial charge in [-0.3, -0.25) is 9.59 Å². The van der Waals surface area contributed by atoms with Crippen LogP contribution in [0.4, 0.5) is 0 Å². The van der Waals surface area contributed by atoms with Crippen LogP contribution >= 0.6 is 11.6 Å². The number of benzene rings is 2. The zero-order chi connectivity index (χ0) is 16.8. The molecule has 7 heteroatoms. The van der Waals surface area contributed by atoms with Crippen molar-refractivity contribution in [2.24, 2.45) is 5.11 Å². The number of carbonyl (C=O) groups excluding carboxylic acids is 2. The second-order valence-electron chi connectivity index (χ2n) is 4.70. The SMILES string of the molecule is [N-]=[N+]=N[C@@H](C(=O)c1ccc(Cl)cc1)[C@@H](O)C(=O)c1ccccc1. The molecule has 0 amide bonds. The molecule has 2 atom stereocenters. The molecule has 0 saturated carbocycles. The Hall–Kier alpha value is -2.66. The number of hydrogen-bond acceptors (Lipinski definition) is 4. The minimum atomic E-state index is -1.77. The Morgan fingerprint density at radius 1 is 1.00 bits per heavy atom. The van der Waals surface area contributed by atoms with E-state index in [-0.39, 0.29) is 11.1 Å². The molecule has 0 fully saturated rings. The standard InChI is InChI=1S/C16H12ClN3O3/c17-12-8-6-11(7-9-12)14(21)13(19-20-18)16(23)15(22)10-4-2-1-3-5-10/h1-9,13,16,23H/t13-,16+/m0/s1. The predicted molar refractivity (Wildman–Crippen MR) is 85.5 cm³/mol. The molecular weight excluding hydrogens is 318 g/mol. The van der Waals surface area contributed by atoms with E-state index in [2.05, 4.69) is 10.0 Å². The van der Waals surface area contributed by atoms with Crippen molar-refractivity contribution in [3.63, 3.8) is 0 Å². The number of ketones is 2. The lowest BCUT2D eigenvalue weighted by Gasteiger charge is -2.16. The van der Waals surface area contributed by atoms with Crippen molar-refractivity contribution in [3.8, 4) is 0 Å². The second kappa shape index (κ2) is 7.56. The normalized spacial score (nSPS) is 12.8. The Morgan fingerprint density at radius 3 is 2.13 bits per heavy atom. The highest BCUT2D eigenvalue weighted by Crippen LogP contribution is 2.16. The number of aliphatic hydroxyl groups is 1. The van der Waals surface area contributed by atoms with Crippen LogP contribution in [-0.2, 0) is 0 Å². The van der Waals surface area contributed by atoms with Gasteiger partial charge in [0, 0.05) is 21.1 Å². The Morgan fingerprint density at radius 2 is 1.57 bits per heavy atom. The van der Waals surface area contributed by atoms with Gasteiger partial charge in [0.05, 0.1) is 0 Å². The van der Waals surface area contributed by atoms with E-state index in [1.807, 2.05) is 0 Å². The first kappa shape index (κ1) is 16.7. The van der Waals surface area contributed by atoms with E-state index in [1.165, 1.54) is 36.4 Å². The Bertz CT molecular complexity index is 756. The molecule has 2 rings (SSSR count). The zero-order valence-corrected chi connectivity index (χ0v) is 12.6. The van der Waals surface area contributed by atoms with E-state index in [0.717, 1.165) is 0 Å². The topological polar surface area (TPSA) is 103 Å². The summed E-state index contributed by atoms with van der Waals surface area (Å²) in [5.41, 5.74) is 9.05. The summed E-state index contributed by atoms with van der Waals surface area (Å²) < 4.78 is 0. The van der Waals surface area contributed by atoms with Crippen LogP contribution in [0.3, 0.4) is 0 Å². The quantitative estimate of drug-likeness (QED) is 0.380. The van der Waals surface area contributed by atoms with Crippen molar-refractivity contribution < 1.29 is 14.7 Å². The fraction of sp³-hybridized carbons (Fsp3) is 0.125. The average molecular weight is 330 g/mol. The van der Waals surface area contributed by atoms with Gasteiger partial charge >= 0.3 is 0 Å². The van der Waals surface area contributed by atoms with Crippen LogP contribution in [0.1, 0.15) is 20.7 Å². The number of aliphatic hydroxyl groups excluding tert-OH is 1. The molecule has 0 bridgehead atoms. The van der Waals surface area contributed by atoms with E-state index in [0.29, 0.717) is 5.02 Å². The zero-order valence-electron chi connectivity index (χ0n) is 11.8. The molecule has 116 valence electrons. The Kier molecular flexibility index (Phi) is 5.49. The van der Waals surface area contributed by atoms with Crippen LogP contribution in [-0.4, -0.2) is 28.8 Å². The van der Waals surface area contributed by atoms with E-state index in [9.17, 15) is 14.7 Å². The smallest absolute Gasteiger partial charge is 0.192 e. The molecule has 0 aromatic heterocycles. The van der Waals surface area contributed by atoms with Gasteiger partial charge in [-0.2, -0.15) is 0 Å². The third-order valence-corrected chi connectivity index (χ3v) is 3.45. The molecule has 0 saturated heterocycles. The maximum atomic E-state index is 12.4. The van der Waals surface area contributed by atoms with Crippen LogP contribution in [0.15, 0.2) is 59.7 Å². The predicted octanol–water partition coefficient (Wildman–Crippen LogP) is 3.45. The molecule has 0 aliphatic heterocycles. The maximum Gasteiger partial charge on any atom is 0.192 e. The number of hydrogen-bond donors (Lipinski definition) is 1. The molecule has 0 radical (unpaired) electrons. The number of rotatable bonds is 6. The summed E-state index contributed by atoms with van der Waals surface area (Å²) >= 11 is 5.75. The van der Waals surface area contributed by atoms with Crippen LogP contribution in [0.2, 0.25) is 5.02 Å². The summed E-state index contributed by atoms with van der Waals surface area (Å²) in [6.45, 7) is 0. The van der Waals surface area contributed by atoms with Gasteiger partial charge in [0.15, 0.2) is 11.6 Å². The second-order valence-corrected chi connectivity index (χ2v) is 5.13. The van der Waals surface area contributed by atoms with E-state index >= 15 is 0 Å². The van der Waals surface area contributed by atoms with Gasteiger partial charge in [0.2, 0.25) is 0 Å². The van der Waals surface area contributed by atoms with Gasteiger partial charge < -0.3 is 5.11 Å². The Labute approximate surface area is 137 Å². The molecule has 23 heavy (non-hydrogen) atoms. The van der Waals surface area contributed by atoms with Crippen LogP contribution in [0.25, 0.3) is 10.4 Å². The van der Waals surface area contributed by atoms with Crippen molar-refractivity contribution in [1.29, 1.82) is 0 Å². The van der Waals surface area contributed by atoms with Crippen molar-refractivity contribution in [3.05, 3.63) is 81.2 Å². The number of halogens is 1. The summed E-state index contributed by atoms with van der Waals surface area (Å²) in [6.07, 6.45) is -1.77. The summed E-state index contributed by atoms with van der Waals surface area (Å²) in [5.74, 6) is -1.35. The average Bonchev–Trinajstić information content (AvgIpc) is 2.59. The molecule has 0 aliphatic rings. The van der Waals surface area contributed by atoms with Gasteiger partial charge in [-0.25, -0.2) is 0 Å². The van der Waals surface area contributed by atoms with Gasteiger partial charge in [-0.15, -0.1) is 0 Å². The largest absolute Gasteiger partial charge is 0.384 e. The first-order valence-electron chi connectivity index (χ1n) is 6.66. The lowest BCUT2D eigenvalue weighted by molar-refractivity contribution is 0.0635. The minimum Gasteiger partial charge on any atom is -0.384 e. The van der Waals surface area contributed by atoms with Crippen molar-refractivity contribution in [1.82, 2.24) is 0 Å². The van der Waals surface area contributed by atoms with Crippen LogP contribution in [0, 0.1) is 0 Å². The molecule has 0 unspecified atom stereocenters. The summed E-state index contributed by atoms with van der Waals surface area (Å²) in [7, 11) is 0. The highest BCUT2D eigenvalue weighted by Gasteiger charge is 2.32. The molecular formula is C16H12ClN3O3. The molecule has 2 aromatic rings. The van der Waals surface area contributed by atoms with Crippen LogP contribution in [0.5, 0.6) is 0 Å². The first-order valence-corrected chi connectivity index (χ1v) is 7.03. The van der Waals surface area contributed by atoms with Gasteiger partial charge in [0.25, 0.3) is 0 Å². The number of azide groups is 1. The molecule has 0 heterocycles. The van der Waals surface area contributed by atoms with Crippen molar-refractivity contribution in [2.45, 2.75) is 12.1 Å². The third-order valence-electron chi connectivity index (χ3n) is 3.20. The van der Waals surface area contributed by atoms with E-state index in [4.69, 9.17) is 17.1 Å². The van der Waals surface area contributed by atoms with Crippen molar-refractivity contribution >= 4 is 23.2 Å². The molecule has 2 aromatic carbocycles. The summed E-state index contributed by atoms with van der Waals surface area (Å²) in [5, 5.41) is 13.9. The minimum absolute atomic E-state index is 0.187. The van der Waals surface area contributed by atoms with E-state index < -0.39 is 23.7 Å². The fourth-order valence-corrected chi connectivity index (χ4v) is 2.14. The summed E-state index contributed by atoms with van der Waals surface area (Å²) in [6, 6.07) is 12.3. The van der Waals surface area contributed by atoms with Gasteiger partial charge in [-0.05, 0) is 29.8 Å². The van der Waals surface area contributed by atoms with Gasteiger partial charge in [0.1, 0.15) is 12.1 Å². The first-order chi connectivity index (χ1) is 11.0. The monoisotopic (exact) mass is 329 g/mol. The molecule has 0 aliphatic carbocycles. The highest BCUT2D eigenvalue weighted by atomic mass is 35.5. The lowest BCUT2D eigenvalue weighted by Crippen LogP contribution is -2.38. The van der Waals surface area contributed by atoms with E-state index in [1.54, 1.807) is 18.2 Å². The van der Waals surface area contributed by atoms with Crippen LogP contribution < -0.4 is 0 Å². The number of nitrogens with zero attached hydrogens (tertiary/aromatic N) is 3. The maximum absolute atomic E-state index is 12.4. The fourth-order valence-electron chi connectivity index (χ4n) is 2.02. The molecule has 1 N–H and O–H groups in total.